The minimum atomic E-state index is 0.605. The number of hydrogen-bond donors (Lipinski definition) is 0. The minimum Gasteiger partial charge on any atom is -0.293 e. The third-order valence-corrected chi connectivity index (χ3v) is 10.9. The van der Waals surface area contributed by atoms with Crippen LogP contribution in [0.5, 0.6) is 0 Å². The number of hydrogen-bond acceptors (Lipinski definition) is 3. The zero-order chi connectivity index (χ0) is 38.4. The lowest BCUT2D eigenvalue weighted by Crippen LogP contribution is -2.01. The fraction of sp³-hybridized carbons (Fsp3) is 0. The number of rotatable bonds is 7. The average molecular weight is 742 g/mol. The molecule has 3 aromatic heterocycles. The first-order valence-corrected chi connectivity index (χ1v) is 19.5. The molecule has 11 rings (SSSR count). The zero-order valence-corrected chi connectivity index (χ0v) is 31.4. The van der Waals surface area contributed by atoms with Gasteiger partial charge in [0.2, 0.25) is 0 Å². The summed E-state index contributed by atoms with van der Waals surface area (Å²) in [7, 11) is 0. The normalized spacial score (nSPS) is 11.4. The Balaban J connectivity index is 1.13. The van der Waals surface area contributed by atoms with Crippen molar-refractivity contribution in [1.82, 2.24) is 23.9 Å². The predicted octanol–water partition coefficient (Wildman–Crippen LogP) is 13.2. The molecule has 0 radical (unpaired) electrons. The van der Waals surface area contributed by atoms with Crippen LogP contribution in [0.3, 0.4) is 0 Å². The van der Waals surface area contributed by atoms with E-state index in [2.05, 4.69) is 209 Å². The Kier molecular flexibility index (Phi) is 8.07. The van der Waals surface area contributed by atoms with E-state index >= 15 is 0 Å². The quantitative estimate of drug-likeness (QED) is 0.163. The van der Waals surface area contributed by atoms with E-state index in [1.807, 2.05) is 12.1 Å². The largest absolute Gasteiger partial charge is 0.293 e. The van der Waals surface area contributed by atoms with Gasteiger partial charge < -0.3 is 0 Å². The number of nitrogens with zero attached hydrogens (tertiary/aromatic N) is 5. The van der Waals surface area contributed by atoms with Gasteiger partial charge in [0.25, 0.3) is 0 Å². The summed E-state index contributed by atoms with van der Waals surface area (Å²) in [4.78, 5) is 15.6. The van der Waals surface area contributed by atoms with Gasteiger partial charge in [-0.2, -0.15) is 0 Å². The summed E-state index contributed by atoms with van der Waals surface area (Å²) in [5.41, 5.74) is 15.1. The first-order valence-electron chi connectivity index (χ1n) is 19.5. The van der Waals surface area contributed by atoms with Crippen molar-refractivity contribution in [2.75, 3.05) is 0 Å². The first kappa shape index (κ1) is 33.4. The number of fused-ring (bicyclic) bond motifs is 5. The van der Waals surface area contributed by atoms with Gasteiger partial charge in [-0.3, -0.25) is 8.97 Å². The van der Waals surface area contributed by atoms with Gasteiger partial charge in [0, 0.05) is 33.3 Å². The second-order valence-corrected chi connectivity index (χ2v) is 14.5. The molecule has 0 bridgehead atoms. The maximum Gasteiger partial charge on any atom is 0.164 e. The molecule has 11 aromatic rings. The van der Waals surface area contributed by atoms with Gasteiger partial charge in [0.05, 0.1) is 16.6 Å². The Morgan fingerprint density at radius 1 is 0.293 bits per heavy atom. The van der Waals surface area contributed by atoms with E-state index in [9.17, 15) is 0 Å². The SMILES string of the molecule is c1ccc(-c2cccc(-c3nc(-c4cccc(-c5ccccc5)c4)nc(-c4cccc(-n5c6ccccc6n6c7ccccc7c(-c7ccccc7)c56)c4)n3)c2)cc1. The molecule has 272 valence electrons. The highest BCUT2D eigenvalue weighted by atomic mass is 15.1. The Morgan fingerprint density at radius 2 is 0.707 bits per heavy atom. The fourth-order valence-electron chi connectivity index (χ4n) is 8.27. The second kappa shape index (κ2) is 14.0. The molecule has 5 nitrogen and oxygen atoms in total. The minimum absolute atomic E-state index is 0.605. The summed E-state index contributed by atoms with van der Waals surface area (Å²) in [6.45, 7) is 0. The van der Waals surface area contributed by atoms with Gasteiger partial charge in [-0.25, -0.2) is 15.0 Å². The molecule has 0 aliphatic carbocycles. The van der Waals surface area contributed by atoms with E-state index in [-0.39, 0.29) is 0 Å². The van der Waals surface area contributed by atoms with Crippen LogP contribution in [0.4, 0.5) is 0 Å². The van der Waals surface area contributed by atoms with Crippen LogP contribution in [-0.4, -0.2) is 23.9 Å². The van der Waals surface area contributed by atoms with Crippen molar-refractivity contribution < 1.29 is 0 Å². The van der Waals surface area contributed by atoms with Crippen molar-refractivity contribution in [3.8, 4) is 73.2 Å². The van der Waals surface area contributed by atoms with Crippen LogP contribution in [0, 0.1) is 0 Å². The van der Waals surface area contributed by atoms with Crippen LogP contribution in [-0.2, 0) is 0 Å². The van der Waals surface area contributed by atoms with Crippen molar-refractivity contribution in [1.29, 1.82) is 0 Å². The molecule has 0 spiro atoms. The molecule has 0 aliphatic heterocycles. The highest BCUT2D eigenvalue weighted by Crippen LogP contribution is 2.41. The van der Waals surface area contributed by atoms with Crippen molar-refractivity contribution in [3.63, 3.8) is 0 Å². The maximum atomic E-state index is 5.23. The Labute approximate surface area is 335 Å². The van der Waals surface area contributed by atoms with Crippen molar-refractivity contribution in [2.45, 2.75) is 0 Å². The summed E-state index contributed by atoms with van der Waals surface area (Å²) in [6, 6.07) is 74.4. The van der Waals surface area contributed by atoms with Crippen LogP contribution in [0.1, 0.15) is 0 Å². The lowest BCUT2D eigenvalue weighted by Gasteiger charge is -2.13. The number of para-hydroxylation sites is 3. The van der Waals surface area contributed by atoms with Gasteiger partial charge in [0.15, 0.2) is 17.5 Å². The monoisotopic (exact) mass is 741 g/mol. The Morgan fingerprint density at radius 3 is 1.28 bits per heavy atom. The predicted molar refractivity (Wildman–Crippen MR) is 238 cm³/mol. The molecule has 58 heavy (non-hydrogen) atoms. The van der Waals surface area contributed by atoms with E-state index in [0.29, 0.717) is 17.5 Å². The molecular weight excluding hydrogens is 707 g/mol. The van der Waals surface area contributed by atoms with Gasteiger partial charge in [-0.15, -0.1) is 0 Å². The van der Waals surface area contributed by atoms with E-state index in [1.54, 1.807) is 0 Å². The molecule has 0 atom stereocenters. The molecule has 8 aromatic carbocycles. The maximum absolute atomic E-state index is 5.23. The van der Waals surface area contributed by atoms with Crippen molar-refractivity contribution >= 4 is 27.6 Å². The highest BCUT2D eigenvalue weighted by molar-refractivity contribution is 6.09. The summed E-state index contributed by atoms with van der Waals surface area (Å²) in [5.74, 6) is 1.84. The average Bonchev–Trinajstić information content (AvgIpc) is 3.82. The van der Waals surface area contributed by atoms with Crippen LogP contribution in [0.25, 0.3) is 101 Å². The van der Waals surface area contributed by atoms with Gasteiger partial charge in [-0.05, 0) is 70.3 Å². The highest BCUT2D eigenvalue weighted by Gasteiger charge is 2.23. The van der Waals surface area contributed by atoms with Crippen molar-refractivity contribution in [3.05, 3.63) is 212 Å². The zero-order valence-electron chi connectivity index (χ0n) is 31.4. The third kappa shape index (κ3) is 5.76. The van der Waals surface area contributed by atoms with E-state index in [4.69, 9.17) is 15.0 Å². The lowest BCUT2D eigenvalue weighted by atomic mass is 10.0. The molecule has 5 heteroatoms. The Hall–Kier alpha value is -7.89. The number of aromatic nitrogens is 5. The van der Waals surface area contributed by atoms with Crippen LogP contribution in [0.2, 0.25) is 0 Å². The molecule has 0 aliphatic rings. The summed E-state index contributed by atoms with van der Waals surface area (Å²) < 4.78 is 4.79. The summed E-state index contributed by atoms with van der Waals surface area (Å²) in [5, 5.41) is 1.21. The standard InChI is InChI=1S/C53H35N5/c1-4-17-36(18-5-1)39-23-14-25-41(33-39)50-54-51(42-26-15-24-40(34-42)37-19-6-2-7-20-37)56-52(55-50)43-27-16-28-44(35-43)57-47-31-12-13-32-48(47)58-46-30-11-10-29-45(46)49(53(57)58)38-21-8-3-9-22-38/h1-35H. The van der Waals surface area contributed by atoms with Gasteiger partial charge in [-0.1, -0.05) is 170 Å². The topological polar surface area (TPSA) is 48.0 Å². The van der Waals surface area contributed by atoms with Crippen LogP contribution < -0.4 is 0 Å². The lowest BCUT2D eigenvalue weighted by molar-refractivity contribution is 1.07. The molecule has 0 N–H and O–H groups in total. The van der Waals surface area contributed by atoms with Gasteiger partial charge >= 0.3 is 0 Å². The molecular formula is C53H35N5. The smallest absolute Gasteiger partial charge is 0.164 e. The second-order valence-electron chi connectivity index (χ2n) is 14.5. The molecule has 0 unspecified atom stereocenters. The number of benzene rings is 8. The van der Waals surface area contributed by atoms with E-state index < -0.39 is 0 Å². The number of imidazole rings is 1. The fourth-order valence-corrected chi connectivity index (χ4v) is 8.27. The third-order valence-electron chi connectivity index (χ3n) is 10.9. The molecule has 0 amide bonds. The van der Waals surface area contributed by atoms with E-state index in [0.717, 1.165) is 61.3 Å². The van der Waals surface area contributed by atoms with Crippen LogP contribution in [0.15, 0.2) is 212 Å². The van der Waals surface area contributed by atoms with Gasteiger partial charge in [0.1, 0.15) is 5.65 Å². The molecule has 3 heterocycles. The molecule has 0 saturated heterocycles. The van der Waals surface area contributed by atoms with Crippen LogP contribution >= 0.6 is 0 Å². The van der Waals surface area contributed by atoms with E-state index in [1.165, 1.54) is 22.0 Å². The summed E-state index contributed by atoms with van der Waals surface area (Å²) in [6.07, 6.45) is 0. The molecule has 0 fully saturated rings. The summed E-state index contributed by atoms with van der Waals surface area (Å²) >= 11 is 0. The van der Waals surface area contributed by atoms with Crippen molar-refractivity contribution in [2.24, 2.45) is 0 Å². The first-order chi connectivity index (χ1) is 28.8. The Bertz CT molecular complexity index is 3170. The molecule has 0 saturated carbocycles.